The number of methoxy groups -OCH3 is 1. The largest absolute Gasteiger partial charge is 0.497 e. The average molecular weight is 450 g/mol. The van der Waals surface area contributed by atoms with E-state index in [4.69, 9.17) is 4.74 Å². The van der Waals surface area contributed by atoms with Crippen LogP contribution in [0.5, 0.6) is 5.75 Å². The summed E-state index contributed by atoms with van der Waals surface area (Å²) in [5, 5.41) is 12.7. The smallest absolute Gasteiger partial charge is 0.278 e. The highest BCUT2D eigenvalue weighted by Crippen LogP contribution is 2.33. The predicted molar refractivity (Wildman–Crippen MR) is 127 cm³/mol. The number of nitrogens with zero attached hydrogens (tertiary/aromatic N) is 5. The van der Waals surface area contributed by atoms with E-state index in [0.29, 0.717) is 18.5 Å². The fourth-order valence-corrected chi connectivity index (χ4v) is 4.19. The first-order valence-corrected chi connectivity index (χ1v) is 10.8. The third kappa shape index (κ3) is 5.04. The average Bonchev–Trinajstić information content (AvgIpc) is 2.83. The van der Waals surface area contributed by atoms with Crippen molar-refractivity contribution in [3.8, 4) is 5.75 Å². The van der Waals surface area contributed by atoms with E-state index in [2.05, 4.69) is 14.8 Å². The zero-order valence-electron chi connectivity index (χ0n) is 18.8. The van der Waals surface area contributed by atoms with Crippen LogP contribution in [0.1, 0.15) is 5.56 Å². The van der Waals surface area contributed by atoms with Gasteiger partial charge in [0.1, 0.15) is 5.75 Å². The van der Waals surface area contributed by atoms with Gasteiger partial charge in [0.2, 0.25) is 5.91 Å². The summed E-state index contributed by atoms with van der Waals surface area (Å²) in [6, 6.07) is 12.9. The van der Waals surface area contributed by atoms with Crippen molar-refractivity contribution >= 4 is 28.1 Å². The van der Waals surface area contributed by atoms with Gasteiger partial charge in [-0.15, -0.1) is 0 Å². The van der Waals surface area contributed by atoms with E-state index < -0.39 is 0 Å². The van der Waals surface area contributed by atoms with Gasteiger partial charge < -0.3 is 14.5 Å². The molecule has 1 fully saturated rings. The summed E-state index contributed by atoms with van der Waals surface area (Å²) in [6.45, 7) is 3.84. The summed E-state index contributed by atoms with van der Waals surface area (Å²) in [4.78, 5) is 33.9. The van der Waals surface area contributed by atoms with Gasteiger partial charge in [-0.3, -0.25) is 24.8 Å². The standard InChI is InChI=1S/C24H27N5O4/c1-26(16-18-4-3-5-19(14-18)33-2)24(30)17-27-10-12-28(13-11-27)22-6-7-23(29(31)32)21-15-25-9-8-20(21)22/h3-9,14-15H,10-13,16-17H2,1-2H3. The normalized spacial score (nSPS) is 14.3. The molecule has 172 valence electrons. The number of hydrogen-bond donors (Lipinski definition) is 0. The Morgan fingerprint density at radius 3 is 2.67 bits per heavy atom. The molecule has 0 saturated carbocycles. The lowest BCUT2D eigenvalue weighted by atomic mass is 10.1. The van der Waals surface area contributed by atoms with Crippen LogP contribution in [0.15, 0.2) is 54.9 Å². The molecule has 0 aliphatic carbocycles. The van der Waals surface area contributed by atoms with E-state index in [1.54, 1.807) is 30.5 Å². The van der Waals surface area contributed by atoms with Crippen LogP contribution in [-0.4, -0.2) is 72.5 Å². The number of piperazine rings is 1. The van der Waals surface area contributed by atoms with Gasteiger partial charge in [-0.2, -0.15) is 0 Å². The van der Waals surface area contributed by atoms with E-state index in [1.807, 2.05) is 43.4 Å². The van der Waals surface area contributed by atoms with Crippen molar-refractivity contribution in [2.24, 2.45) is 0 Å². The topological polar surface area (TPSA) is 92.0 Å². The minimum absolute atomic E-state index is 0.0603. The Balaban J connectivity index is 1.37. The van der Waals surface area contributed by atoms with Gasteiger partial charge in [0.05, 0.1) is 24.0 Å². The van der Waals surface area contributed by atoms with E-state index >= 15 is 0 Å². The zero-order valence-corrected chi connectivity index (χ0v) is 18.8. The lowest BCUT2D eigenvalue weighted by Crippen LogP contribution is -2.49. The van der Waals surface area contributed by atoms with Gasteiger partial charge in [0.15, 0.2) is 0 Å². The lowest BCUT2D eigenvalue weighted by molar-refractivity contribution is -0.383. The molecule has 1 aromatic heterocycles. The molecule has 0 N–H and O–H groups in total. The number of hydrogen-bond acceptors (Lipinski definition) is 7. The molecule has 0 unspecified atom stereocenters. The van der Waals surface area contributed by atoms with Crippen LogP contribution < -0.4 is 9.64 Å². The predicted octanol–water partition coefficient (Wildman–Crippen LogP) is 2.93. The summed E-state index contributed by atoms with van der Waals surface area (Å²) in [5.74, 6) is 0.845. The van der Waals surface area contributed by atoms with Crippen LogP contribution in [0, 0.1) is 10.1 Å². The molecule has 2 heterocycles. The highest BCUT2D eigenvalue weighted by atomic mass is 16.6. The molecule has 9 heteroatoms. The number of non-ortho nitro benzene ring substituents is 1. The van der Waals surface area contributed by atoms with Gasteiger partial charge in [-0.05, 0) is 29.8 Å². The fraction of sp³-hybridized carbons (Fsp3) is 0.333. The molecule has 1 saturated heterocycles. The molecule has 9 nitrogen and oxygen atoms in total. The van der Waals surface area contributed by atoms with Gasteiger partial charge in [-0.1, -0.05) is 12.1 Å². The van der Waals surface area contributed by atoms with Crippen LogP contribution in [0.3, 0.4) is 0 Å². The summed E-state index contributed by atoms with van der Waals surface area (Å²) in [6.07, 6.45) is 3.20. The third-order valence-corrected chi connectivity index (χ3v) is 6.02. The molecule has 4 rings (SSSR count). The molecule has 0 radical (unpaired) electrons. The lowest BCUT2D eigenvalue weighted by Gasteiger charge is -2.36. The number of aromatic nitrogens is 1. The van der Waals surface area contributed by atoms with E-state index in [-0.39, 0.29) is 16.5 Å². The Labute approximate surface area is 192 Å². The third-order valence-electron chi connectivity index (χ3n) is 6.02. The number of rotatable bonds is 7. The summed E-state index contributed by atoms with van der Waals surface area (Å²) >= 11 is 0. The highest BCUT2D eigenvalue weighted by molar-refractivity contribution is 5.99. The summed E-state index contributed by atoms with van der Waals surface area (Å²) < 4.78 is 5.26. The quantitative estimate of drug-likeness (QED) is 0.404. The molecule has 0 bridgehead atoms. The minimum Gasteiger partial charge on any atom is -0.497 e. The van der Waals surface area contributed by atoms with Crippen LogP contribution in [0.25, 0.3) is 10.8 Å². The Kier molecular flexibility index (Phi) is 6.69. The monoisotopic (exact) mass is 449 g/mol. The van der Waals surface area contributed by atoms with Gasteiger partial charge in [-0.25, -0.2) is 0 Å². The Morgan fingerprint density at radius 2 is 1.94 bits per heavy atom. The summed E-state index contributed by atoms with van der Waals surface area (Å²) in [5.41, 5.74) is 2.04. The molecule has 1 aliphatic heterocycles. The van der Waals surface area contributed by atoms with Crippen molar-refractivity contribution in [1.29, 1.82) is 0 Å². The number of carbonyl (C=O) groups is 1. The molecule has 0 spiro atoms. The van der Waals surface area contributed by atoms with E-state index in [0.717, 1.165) is 48.6 Å². The van der Waals surface area contributed by atoms with Crippen molar-refractivity contribution in [2.75, 3.05) is 51.8 Å². The van der Waals surface area contributed by atoms with Crippen molar-refractivity contribution < 1.29 is 14.5 Å². The van der Waals surface area contributed by atoms with Gasteiger partial charge in [0, 0.05) is 69.3 Å². The number of amides is 1. The van der Waals surface area contributed by atoms with Crippen LogP contribution in [0.2, 0.25) is 0 Å². The molecular weight excluding hydrogens is 422 g/mol. The van der Waals surface area contributed by atoms with Crippen molar-refractivity contribution in [1.82, 2.24) is 14.8 Å². The SMILES string of the molecule is COc1cccc(CN(C)C(=O)CN2CCN(c3ccc([N+](=O)[O-])c4cnccc34)CC2)c1. The Bertz CT molecular complexity index is 1160. The fourth-order valence-electron chi connectivity index (χ4n) is 4.19. The molecule has 0 atom stereocenters. The Morgan fingerprint density at radius 1 is 1.15 bits per heavy atom. The molecule has 1 amide bonds. The maximum Gasteiger partial charge on any atom is 0.278 e. The second-order valence-electron chi connectivity index (χ2n) is 8.15. The second kappa shape index (κ2) is 9.83. The van der Waals surface area contributed by atoms with E-state index in [1.165, 1.54) is 0 Å². The van der Waals surface area contributed by atoms with Crippen LogP contribution in [-0.2, 0) is 11.3 Å². The number of ether oxygens (including phenoxy) is 1. The number of carbonyl (C=O) groups excluding carboxylic acids is 1. The van der Waals surface area contributed by atoms with Crippen molar-refractivity contribution in [2.45, 2.75) is 6.54 Å². The maximum absolute atomic E-state index is 12.8. The van der Waals surface area contributed by atoms with Gasteiger partial charge in [0.25, 0.3) is 5.69 Å². The minimum atomic E-state index is -0.376. The zero-order chi connectivity index (χ0) is 23.4. The molecule has 33 heavy (non-hydrogen) atoms. The first-order valence-electron chi connectivity index (χ1n) is 10.8. The second-order valence-corrected chi connectivity index (χ2v) is 8.15. The number of likely N-dealkylation sites (N-methyl/N-ethyl adjacent to an activating group) is 1. The van der Waals surface area contributed by atoms with Crippen molar-refractivity contribution in [3.63, 3.8) is 0 Å². The van der Waals surface area contributed by atoms with Crippen LogP contribution in [0.4, 0.5) is 11.4 Å². The summed E-state index contributed by atoms with van der Waals surface area (Å²) in [7, 11) is 3.44. The van der Waals surface area contributed by atoms with E-state index in [9.17, 15) is 14.9 Å². The highest BCUT2D eigenvalue weighted by Gasteiger charge is 2.23. The molecule has 3 aromatic rings. The first kappa shape index (κ1) is 22.5. The number of nitro groups is 1. The van der Waals surface area contributed by atoms with Gasteiger partial charge >= 0.3 is 0 Å². The van der Waals surface area contributed by atoms with Crippen molar-refractivity contribution in [3.05, 3.63) is 70.5 Å². The number of anilines is 1. The molecule has 2 aromatic carbocycles. The molecule has 1 aliphatic rings. The number of fused-ring (bicyclic) bond motifs is 1. The number of nitro benzene ring substituents is 1. The first-order chi connectivity index (χ1) is 16.0. The maximum atomic E-state index is 12.8. The van der Waals surface area contributed by atoms with Crippen LogP contribution >= 0.6 is 0 Å². The Hall–Kier alpha value is -3.72. The molecular formula is C24H27N5O4. The number of benzene rings is 2. The number of pyridine rings is 1.